The second kappa shape index (κ2) is 28.6. The first kappa shape index (κ1) is 27.0. The van der Waals surface area contributed by atoms with Gasteiger partial charge in [-0.05, 0) is 61.5 Å². The maximum Gasteiger partial charge on any atom is 0.00450 e. The van der Waals surface area contributed by atoms with Crippen LogP contribution in [-0.4, -0.2) is 46.0 Å². The zero-order chi connectivity index (χ0) is 16.7. The van der Waals surface area contributed by atoms with Gasteiger partial charge in [0.05, 0.1) is 0 Å². The quantitative estimate of drug-likeness (QED) is 0.204. The van der Waals surface area contributed by atoms with Gasteiger partial charge in [-0.1, -0.05) is 43.2 Å². The SMILES string of the molecule is C1CCSSC1.C1CSSC1.SCCCCS.SCCCS. The number of unbranched alkanes of at least 4 members (excludes halogenated alkanes) is 1. The highest BCUT2D eigenvalue weighted by molar-refractivity contribution is 8.77. The second-order valence-electron chi connectivity index (χ2n) is 4.30. The van der Waals surface area contributed by atoms with Crippen molar-refractivity contribution in [3.05, 3.63) is 0 Å². The second-order valence-corrected chi connectivity index (χ2v) is 11.5. The molecule has 22 heavy (non-hydrogen) atoms. The standard InChI is InChI=1S/C4H8S2.C4H10S2.C3H6S2.C3H8S2/c1-2-4-6-5-3-1;5-3-1-2-4-6;1-2-4-5-3-1;4-2-1-3-5/h1-4H2;5-6H,1-4H2;1-3H2;4-5H,1-3H2. The van der Waals surface area contributed by atoms with E-state index < -0.39 is 0 Å². The minimum absolute atomic E-state index is 0.962. The fourth-order valence-corrected chi connectivity index (χ4v) is 6.69. The van der Waals surface area contributed by atoms with Crippen LogP contribution in [0.2, 0.25) is 0 Å². The van der Waals surface area contributed by atoms with Crippen molar-refractivity contribution in [3.63, 3.8) is 0 Å². The summed E-state index contributed by atoms with van der Waals surface area (Å²) in [5.74, 6) is 9.44. The van der Waals surface area contributed by atoms with Gasteiger partial charge in [0.1, 0.15) is 0 Å². The fraction of sp³-hybridized carbons (Fsp3) is 1.00. The highest BCUT2D eigenvalue weighted by Crippen LogP contribution is 2.29. The van der Waals surface area contributed by atoms with Gasteiger partial charge in [0.25, 0.3) is 0 Å². The lowest BCUT2D eigenvalue weighted by molar-refractivity contribution is 0.906. The van der Waals surface area contributed by atoms with E-state index in [1.54, 1.807) is 0 Å². The Hall–Kier alpha value is 2.80. The molecule has 136 valence electrons. The number of hydrogen-bond acceptors (Lipinski definition) is 8. The Morgan fingerprint density at radius 2 is 0.773 bits per heavy atom. The van der Waals surface area contributed by atoms with Gasteiger partial charge in [-0.15, -0.1) is 0 Å². The minimum atomic E-state index is 0.962. The first-order valence-electron chi connectivity index (χ1n) is 7.75. The van der Waals surface area contributed by atoms with Crippen LogP contribution in [0.25, 0.3) is 0 Å². The van der Waals surface area contributed by atoms with E-state index in [1.165, 1.54) is 55.1 Å². The van der Waals surface area contributed by atoms with Crippen LogP contribution in [0.15, 0.2) is 0 Å². The van der Waals surface area contributed by atoms with E-state index in [-0.39, 0.29) is 0 Å². The Labute approximate surface area is 176 Å². The smallest absolute Gasteiger partial charge is 0.00450 e. The van der Waals surface area contributed by atoms with Crippen LogP contribution in [0.5, 0.6) is 0 Å². The van der Waals surface area contributed by atoms with Gasteiger partial charge in [0.15, 0.2) is 0 Å². The monoisotopic (exact) mass is 456 g/mol. The van der Waals surface area contributed by atoms with Gasteiger partial charge in [-0.3, -0.25) is 0 Å². The van der Waals surface area contributed by atoms with Crippen LogP contribution >= 0.6 is 93.7 Å². The first-order chi connectivity index (χ1) is 10.8. The Balaban J connectivity index is 0. The summed E-state index contributed by atoms with van der Waals surface area (Å²) in [4.78, 5) is 0. The van der Waals surface area contributed by atoms with Crippen molar-refractivity contribution >= 4 is 93.7 Å². The van der Waals surface area contributed by atoms with Crippen LogP contribution in [-0.2, 0) is 0 Å². The summed E-state index contributed by atoms with van der Waals surface area (Å²) in [5.41, 5.74) is 0. The molecule has 0 amide bonds. The highest BCUT2D eigenvalue weighted by atomic mass is 33.1. The Morgan fingerprint density at radius 1 is 0.455 bits per heavy atom. The molecular weight excluding hydrogens is 425 g/mol. The summed E-state index contributed by atoms with van der Waals surface area (Å²) in [5, 5.41) is 0. The van der Waals surface area contributed by atoms with E-state index in [0.29, 0.717) is 0 Å². The largest absolute Gasteiger partial charge is 0.179 e. The van der Waals surface area contributed by atoms with E-state index in [1.807, 2.05) is 43.2 Å². The van der Waals surface area contributed by atoms with E-state index in [2.05, 4.69) is 50.5 Å². The van der Waals surface area contributed by atoms with Gasteiger partial charge < -0.3 is 0 Å². The molecule has 0 aromatic heterocycles. The summed E-state index contributed by atoms with van der Waals surface area (Å²) in [6.45, 7) is 0. The van der Waals surface area contributed by atoms with Crippen LogP contribution in [0.3, 0.4) is 0 Å². The molecule has 2 heterocycles. The van der Waals surface area contributed by atoms with Crippen LogP contribution < -0.4 is 0 Å². The first-order valence-corrected chi connectivity index (χ1v) is 15.3. The van der Waals surface area contributed by atoms with E-state index in [4.69, 9.17) is 0 Å². The molecule has 2 saturated heterocycles. The molecule has 0 saturated carbocycles. The van der Waals surface area contributed by atoms with Crippen molar-refractivity contribution in [2.24, 2.45) is 0 Å². The van der Waals surface area contributed by atoms with E-state index in [0.717, 1.165) is 29.4 Å². The molecule has 2 fully saturated rings. The molecule has 0 spiro atoms. The van der Waals surface area contributed by atoms with Gasteiger partial charge in [0, 0.05) is 23.0 Å². The third kappa shape index (κ3) is 30.7. The molecule has 2 rings (SSSR count). The average Bonchev–Trinajstić information content (AvgIpc) is 3.16. The summed E-state index contributed by atoms with van der Waals surface area (Å²) < 4.78 is 0. The zero-order valence-corrected chi connectivity index (χ0v) is 20.2. The summed E-state index contributed by atoms with van der Waals surface area (Å²) in [6, 6.07) is 0. The van der Waals surface area contributed by atoms with Gasteiger partial charge in [-0.2, -0.15) is 50.5 Å². The number of hydrogen-bond donors (Lipinski definition) is 4. The molecule has 2 aliphatic rings. The lowest BCUT2D eigenvalue weighted by Crippen LogP contribution is -1.86. The van der Waals surface area contributed by atoms with Crippen molar-refractivity contribution in [2.75, 3.05) is 46.0 Å². The molecule has 8 heteroatoms. The van der Waals surface area contributed by atoms with Gasteiger partial charge in [0.2, 0.25) is 0 Å². The third-order valence-corrected chi connectivity index (χ3v) is 8.63. The Bertz CT molecular complexity index is 138. The molecule has 0 unspecified atom stereocenters. The summed E-state index contributed by atoms with van der Waals surface area (Å²) >= 11 is 15.9. The zero-order valence-electron chi connectivity index (χ0n) is 13.3. The van der Waals surface area contributed by atoms with Gasteiger partial charge >= 0.3 is 0 Å². The molecule has 0 bridgehead atoms. The minimum Gasteiger partial charge on any atom is -0.179 e. The van der Waals surface area contributed by atoms with Crippen molar-refractivity contribution in [1.29, 1.82) is 0 Å². The maximum atomic E-state index is 4.02. The molecule has 2 aliphatic heterocycles. The number of thiol groups is 4. The summed E-state index contributed by atoms with van der Waals surface area (Å²) in [7, 11) is 8.00. The van der Waals surface area contributed by atoms with E-state index in [9.17, 15) is 0 Å². The molecule has 0 aliphatic carbocycles. The van der Waals surface area contributed by atoms with Crippen molar-refractivity contribution in [2.45, 2.75) is 38.5 Å². The number of rotatable bonds is 5. The van der Waals surface area contributed by atoms with Crippen molar-refractivity contribution in [3.8, 4) is 0 Å². The average molecular weight is 457 g/mol. The molecule has 0 aromatic carbocycles. The molecular formula is C14H32S8. The lowest BCUT2D eigenvalue weighted by Gasteiger charge is -2.04. The molecule has 0 aromatic rings. The van der Waals surface area contributed by atoms with Crippen molar-refractivity contribution < 1.29 is 0 Å². The van der Waals surface area contributed by atoms with Crippen LogP contribution in [0.4, 0.5) is 0 Å². The molecule has 0 N–H and O–H groups in total. The molecule has 0 radical (unpaired) electrons. The predicted octanol–water partition coefficient (Wildman–Crippen LogP) is 6.80. The third-order valence-electron chi connectivity index (χ3n) is 2.21. The van der Waals surface area contributed by atoms with Crippen LogP contribution in [0.1, 0.15) is 38.5 Å². The lowest BCUT2D eigenvalue weighted by atomic mass is 10.4. The Morgan fingerprint density at radius 3 is 0.909 bits per heavy atom. The normalized spacial score (nSPS) is 16.4. The predicted molar refractivity (Wildman–Crippen MR) is 133 cm³/mol. The highest BCUT2D eigenvalue weighted by Gasteiger charge is 1.97. The van der Waals surface area contributed by atoms with Crippen LogP contribution in [0, 0.1) is 0 Å². The van der Waals surface area contributed by atoms with E-state index >= 15 is 0 Å². The van der Waals surface area contributed by atoms with Gasteiger partial charge in [-0.25, -0.2) is 0 Å². The Kier molecular flexibility index (Phi) is 35.1. The maximum absolute atomic E-state index is 4.02. The van der Waals surface area contributed by atoms with Crippen molar-refractivity contribution in [1.82, 2.24) is 0 Å². The molecule has 0 atom stereocenters. The summed E-state index contributed by atoms with van der Waals surface area (Å²) in [6.07, 6.45) is 7.83. The topological polar surface area (TPSA) is 0 Å². The molecule has 0 nitrogen and oxygen atoms in total. The fourth-order valence-electron chi connectivity index (χ4n) is 1.03.